The van der Waals surface area contributed by atoms with Gasteiger partial charge >= 0.3 is 19.4 Å². The first-order valence-electron chi connectivity index (χ1n) is 11.4. The number of aliphatic hydroxyl groups excluding tert-OH is 1. The molecule has 38 heavy (non-hydrogen) atoms. The van der Waals surface area contributed by atoms with Crippen molar-refractivity contribution in [3.63, 3.8) is 0 Å². The van der Waals surface area contributed by atoms with E-state index in [9.17, 15) is 19.3 Å². The normalized spacial score (nSPS) is 27.3. The molecule has 13 nitrogen and oxygen atoms in total. The number of halogens is 2. The van der Waals surface area contributed by atoms with E-state index < -0.39 is 61.5 Å². The minimum atomic E-state index is -4.41. The lowest BCUT2D eigenvalue weighted by atomic mass is 9.99. The number of nitrogens with one attached hydrogen (secondary N) is 1. The number of hydrogen-bond donors (Lipinski definition) is 3. The maximum Gasteiger partial charge on any atom is 0.459 e. The third-order valence-electron chi connectivity index (χ3n) is 6.26. The Kier molecular flexibility index (Phi) is 8.03. The van der Waals surface area contributed by atoms with Crippen LogP contribution in [0.1, 0.15) is 19.1 Å². The quantitative estimate of drug-likeness (QED) is 0.200. The molecule has 1 aromatic heterocycles. The smallest absolute Gasteiger partial charge is 0.459 e. The van der Waals surface area contributed by atoms with E-state index in [1.165, 1.54) is 32.4 Å². The molecule has 5 atom stereocenters. The van der Waals surface area contributed by atoms with Gasteiger partial charge in [-0.05, 0) is 43.2 Å². The lowest BCUT2D eigenvalue weighted by molar-refractivity contribution is -0.144. The van der Waals surface area contributed by atoms with Gasteiger partial charge in [0.15, 0.2) is 12.4 Å². The number of aliphatic hydroxyl groups is 1. The van der Waals surface area contributed by atoms with Crippen molar-refractivity contribution in [3.8, 4) is 11.5 Å². The van der Waals surface area contributed by atoms with Gasteiger partial charge in [-0.1, -0.05) is 0 Å². The molecule has 2 aromatic rings. The van der Waals surface area contributed by atoms with Crippen LogP contribution in [-0.4, -0.2) is 70.7 Å². The van der Waals surface area contributed by atoms with E-state index in [-0.39, 0.29) is 11.6 Å². The molecule has 16 heteroatoms. The maximum absolute atomic E-state index is 15.2. The summed E-state index contributed by atoms with van der Waals surface area (Å²) in [5, 5.41) is 13.3. The molecular weight excluding hydrogens is 550 g/mol. The molecule has 208 valence electrons. The standard InChI is InChI=1S/C22H27ClFN4O9P/c1-33-13-3-5-14(6-4-13)37-38(32,27-21(8-9-21)19(30)34-2)35-12-22(11-23)17(29)16(24)18(36-22)28-10-7-15(25)26-20(28)31/h3-7,10,16-18,29H,8-9,11-12H2,1-2H3,(H,27,32)(H2,25,26,31)/t16-,17-,18+,22+,38?/m0/s1. The highest BCUT2D eigenvalue weighted by atomic mass is 35.5. The number of anilines is 1. The van der Waals surface area contributed by atoms with Crippen molar-refractivity contribution in [2.75, 3.05) is 32.4 Å². The molecule has 0 spiro atoms. The van der Waals surface area contributed by atoms with Gasteiger partial charge in [0.2, 0.25) is 0 Å². The van der Waals surface area contributed by atoms with Gasteiger partial charge < -0.3 is 29.6 Å². The number of esters is 1. The number of hydrogen-bond acceptors (Lipinski definition) is 11. The van der Waals surface area contributed by atoms with E-state index in [0.29, 0.717) is 18.6 Å². The zero-order valence-corrected chi connectivity index (χ0v) is 22.1. The van der Waals surface area contributed by atoms with Gasteiger partial charge in [-0.25, -0.2) is 13.8 Å². The summed E-state index contributed by atoms with van der Waals surface area (Å²) in [5.41, 5.74) is 1.28. The third kappa shape index (κ3) is 5.51. The molecule has 1 aliphatic carbocycles. The molecule has 1 aliphatic heterocycles. The number of benzene rings is 1. The molecule has 2 aliphatic rings. The molecule has 1 aromatic carbocycles. The van der Waals surface area contributed by atoms with Crippen molar-refractivity contribution in [2.45, 2.75) is 42.5 Å². The summed E-state index contributed by atoms with van der Waals surface area (Å²) in [4.78, 5) is 28.1. The molecule has 1 saturated carbocycles. The van der Waals surface area contributed by atoms with E-state index in [0.717, 1.165) is 10.8 Å². The topological polar surface area (TPSA) is 173 Å². The second-order valence-corrected chi connectivity index (χ2v) is 10.8. The van der Waals surface area contributed by atoms with E-state index in [1.54, 1.807) is 12.1 Å². The van der Waals surface area contributed by atoms with Gasteiger partial charge in [0, 0.05) is 6.20 Å². The first kappa shape index (κ1) is 28.3. The van der Waals surface area contributed by atoms with Crippen LogP contribution in [0.4, 0.5) is 10.2 Å². The van der Waals surface area contributed by atoms with Crippen LogP contribution in [0.5, 0.6) is 11.5 Å². The zero-order valence-electron chi connectivity index (χ0n) is 20.4. The average Bonchev–Trinajstić information content (AvgIpc) is 3.64. The summed E-state index contributed by atoms with van der Waals surface area (Å²) in [6, 6.07) is 7.27. The van der Waals surface area contributed by atoms with Crippen LogP contribution in [0.15, 0.2) is 41.3 Å². The fraction of sp³-hybridized carbons (Fsp3) is 0.500. The van der Waals surface area contributed by atoms with Gasteiger partial charge in [-0.3, -0.25) is 13.9 Å². The van der Waals surface area contributed by atoms with Gasteiger partial charge in [-0.2, -0.15) is 10.1 Å². The SMILES string of the molecule is COC(=O)C1(NP(=O)(OC[C@@]2(CCl)O[C@@H](n3ccc(N)nc3=O)[C@@H](F)[C@@H]2O)Oc2ccc(OC)cc2)CC1. The highest BCUT2D eigenvalue weighted by Crippen LogP contribution is 2.53. The minimum Gasteiger partial charge on any atom is -0.497 e. The number of carbonyl (C=O) groups excluding carboxylic acids is 1. The van der Waals surface area contributed by atoms with Crippen molar-refractivity contribution in [1.82, 2.24) is 14.6 Å². The van der Waals surface area contributed by atoms with Crippen LogP contribution in [0, 0.1) is 0 Å². The summed E-state index contributed by atoms with van der Waals surface area (Å²) in [5.74, 6) is -0.689. The third-order valence-corrected chi connectivity index (χ3v) is 8.34. The Morgan fingerprint density at radius 2 is 1.97 bits per heavy atom. The van der Waals surface area contributed by atoms with Gasteiger partial charge in [0.05, 0.1) is 26.7 Å². The molecule has 0 bridgehead atoms. The molecular formula is C22H27ClFN4O9P. The summed E-state index contributed by atoms with van der Waals surface area (Å²) >= 11 is 6.09. The molecule has 4 N–H and O–H groups in total. The number of alkyl halides is 2. The fourth-order valence-electron chi connectivity index (χ4n) is 3.91. The van der Waals surface area contributed by atoms with Crippen molar-refractivity contribution in [1.29, 1.82) is 0 Å². The van der Waals surface area contributed by atoms with E-state index in [2.05, 4.69) is 10.1 Å². The summed E-state index contributed by atoms with van der Waals surface area (Å²) in [6.07, 6.45) is -3.93. The number of nitrogens with two attached hydrogens (primary N) is 1. The number of carbonyl (C=O) groups is 1. The maximum atomic E-state index is 15.2. The van der Waals surface area contributed by atoms with Crippen molar-refractivity contribution in [2.24, 2.45) is 0 Å². The Balaban J connectivity index is 1.60. The zero-order chi connectivity index (χ0) is 27.7. The first-order chi connectivity index (χ1) is 18.0. The Morgan fingerprint density at radius 3 is 2.53 bits per heavy atom. The van der Waals surface area contributed by atoms with Gasteiger partial charge in [-0.15, -0.1) is 11.6 Å². The summed E-state index contributed by atoms with van der Waals surface area (Å²) in [7, 11) is -1.76. The number of ether oxygens (including phenoxy) is 3. The predicted molar refractivity (Wildman–Crippen MR) is 132 cm³/mol. The highest BCUT2D eigenvalue weighted by molar-refractivity contribution is 7.52. The Morgan fingerprint density at radius 1 is 1.32 bits per heavy atom. The van der Waals surface area contributed by atoms with E-state index in [4.69, 9.17) is 40.6 Å². The largest absolute Gasteiger partial charge is 0.497 e. The molecule has 1 unspecified atom stereocenters. The molecule has 4 rings (SSSR count). The highest BCUT2D eigenvalue weighted by Gasteiger charge is 2.59. The van der Waals surface area contributed by atoms with Crippen LogP contribution in [0.3, 0.4) is 0 Å². The van der Waals surface area contributed by atoms with Crippen LogP contribution in [-0.2, 0) is 23.4 Å². The number of nitrogen functional groups attached to an aromatic ring is 1. The van der Waals surface area contributed by atoms with Crippen LogP contribution >= 0.6 is 19.3 Å². The molecule has 2 fully saturated rings. The fourth-order valence-corrected chi connectivity index (χ4v) is 6.00. The van der Waals surface area contributed by atoms with Crippen molar-refractivity contribution in [3.05, 3.63) is 47.0 Å². The second kappa shape index (κ2) is 10.8. The van der Waals surface area contributed by atoms with Gasteiger partial charge in [0.1, 0.15) is 34.6 Å². The van der Waals surface area contributed by atoms with Crippen molar-refractivity contribution < 1.29 is 42.1 Å². The summed E-state index contributed by atoms with van der Waals surface area (Å²) in [6.45, 7) is -0.747. The lowest BCUT2D eigenvalue weighted by Crippen LogP contribution is -2.48. The van der Waals surface area contributed by atoms with E-state index in [1.807, 2.05) is 0 Å². The first-order valence-corrected chi connectivity index (χ1v) is 13.4. The van der Waals surface area contributed by atoms with Gasteiger partial charge in [0.25, 0.3) is 0 Å². The molecule has 0 amide bonds. The Labute approximate surface area is 221 Å². The van der Waals surface area contributed by atoms with Crippen LogP contribution < -0.4 is 25.8 Å². The summed E-state index contributed by atoms with van der Waals surface area (Å²) < 4.78 is 56.8. The Bertz CT molecular complexity index is 1280. The second-order valence-electron chi connectivity index (χ2n) is 8.86. The lowest BCUT2D eigenvalue weighted by Gasteiger charge is -2.32. The number of methoxy groups -OCH3 is 2. The molecule has 2 heterocycles. The average molecular weight is 577 g/mol. The predicted octanol–water partition coefficient (Wildman–Crippen LogP) is 1.54. The van der Waals surface area contributed by atoms with Crippen molar-refractivity contribution >= 4 is 31.1 Å². The monoisotopic (exact) mass is 576 g/mol. The van der Waals surface area contributed by atoms with Crippen LogP contribution in [0.2, 0.25) is 0 Å². The Hall–Kier alpha value is -2.74. The minimum absolute atomic E-state index is 0.0885. The molecule has 0 radical (unpaired) electrons. The number of rotatable bonds is 11. The van der Waals surface area contributed by atoms with Crippen LogP contribution in [0.25, 0.3) is 0 Å². The number of nitrogens with zero attached hydrogens (tertiary/aromatic N) is 2. The molecule has 1 saturated heterocycles. The number of aromatic nitrogens is 2. The van der Waals surface area contributed by atoms with E-state index >= 15 is 4.39 Å².